The van der Waals surface area contributed by atoms with Crippen LogP contribution in [-0.2, 0) is 4.79 Å². The number of hydrogen-bond acceptors (Lipinski definition) is 4. The molecule has 2 rings (SSSR count). The van der Waals surface area contributed by atoms with E-state index in [2.05, 4.69) is 30.1 Å². The van der Waals surface area contributed by atoms with Gasteiger partial charge in [0.25, 0.3) is 0 Å². The number of thioether (sulfide) groups is 1. The highest BCUT2D eigenvalue weighted by atomic mass is 32.2. The number of rotatable bonds is 7. The Morgan fingerprint density at radius 1 is 1.21 bits per heavy atom. The molecule has 1 heterocycles. The quantitative estimate of drug-likeness (QED) is 0.728. The van der Waals surface area contributed by atoms with Crippen molar-refractivity contribution in [2.45, 2.75) is 19.9 Å². The number of carbonyl (C=O) groups is 1. The monoisotopic (exact) mass is 378 g/mol. The fourth-order valence-electron chi connectivity index (χ4n) is 2.32. The van der Waals surface area contributed by atoms with E-state index in [4.69, 9.17) is 12.2 Å². The van der Waals surface area contributed by atoms with Gasteiger partial charge in [-0.3, -0.25) is 4.79 Å². The molecule has 128 valence electrons. The van der Waals surface area contributed by atoms with Crippen molar-refractivity contribution in [1.29, 1.82) is 0 Å². The molecule has 0 unspecified atom stereocenters. The highest BCUT2D eigenvalue weighted by Gasteiger charge is 2.18. The lowest BCUT2D eigenvalue weighted by Gasteiger charge is -2.21. The van der Waals surface area contributed by atoms with Crippen molar-refractivity contribution in [3.8, 4) is 0 Å². The first kappa shape index (κ1) is 19.0. The molecule has 0 radical (unpaired) electrons. The first-order chi connectivity index (χ1) is 11.7. The molecule has 1 N–H and O–H groups in total. The molecule has 0 aliphatic heterocycles. The number of amides is 1. The van der Waals surface area contributed by atoms with Crippen molar-refractivity contribution < 1.29 is 4.79 Å². The fraction of sp³-hybridized carbons (Fsp3) is 0.333. The third-order valence-electron chi connectivity index (χ3n) is 3.61. The van der Waals surface area contributed by atoms with Gasteiger partial charge in [-0.15, -0.1) is 11.3 Å². The molecule has 2 aromatic rings. The van der Waals surface area contributed by atoms with E-state index in [1.54, 1.807) is 11.3 Å². The molecule has 0 saturated heterocycles. The van der Waals surface area contributed by atoms with Gasteiger partial charge < -0.3 is 10.2 Å². The summed E-state index contributed by atoms with van der Waals surface area (Å²) >= 11 is 8.46. The van der Waals surface area contributed by atoms with Crippen molar-refractivity contribution in [3.05, 3.63) is 58.3 Å². The number of hydrogen-bond donors (Lipinski definition) is 1. The smallest absolute Gasteiger partial charge is 0.231 e. The van der Waals surface area contributed by atoms with Crippen molar-refractivity contribution >= 4 is 45.5 Å². The van der Waals surface area contributed by atoms with E-state index in [0.29, 0.717) is 5.75 Å². The average molecular weight is 379 g/mol. The molecular formula is C18H22N2OS3. The van der Waals surface area contributed by atoms with Crippen LogP contribution in [0.25, 0.3) is 0 Å². The SMILES string of the molecule is CCN(CC)C(=S)SCC(=O)N[C@H](c1ccccc1)c1cccs1. The van der Waals surface area contributed by atoms with Crippen LogP contribution in [0.2, 0.25) is 0 Å². The number of benzene rings is 1. The van der Waals surface area contributed by atoms with Crippen LogP contribution in [0, 0.1) is 0 Å². The Hall–Kier alpha value is -1.37. The number of thiocarbonyl (C=S) groups is 1. The summed E-state index contributed by atoms with van der Waals surface area (Å²) < 4.78 is 0.780. The molecule has 0 bridgehead atoms. The molecule has 24 heavy (non-hydrogen) atoms. The van der Waals surface area contributed by atoms with Gasteiger partial charge in [-0.1, -0.05) is 60.4 Å². The molecule has 0 spiro atoms. The van der Waals surface area contributed by atoms with E-state index in [-0.39, 0.29) is 11.9 Å². The molecule has 3 nitrogen and oxygen atoms in total. The molecule has 1 aromatic heterocycles. The lowest BCUT2D eigenvalue weighted by Crippen LogP contribution is -2.32. The maximum Gasteiger partial charge on any atom is 0.231 e. The molecular weight excluding hydrogens is 356 g/mol. The summed E-state index contributed by atoms with van der Waals surface area (Å²) in [5, 5.41) is 5.17. The minimum atomic E-state index is -0.110. The van der Waals surface area contributed by atoms with Crippen molar-refractivity contribution in [2.24, 2.45) is 0 Å². The predicted molar refractivity (Wildman–Crippen MR) is 109 cm³/mol. The zero-order chi connectivity index (χ0) is 17.4. The van der Waals surface area contributed by atoms with Crippen LogP contribution in [-0.4, -0.2) is 34.0 Å². The fourth-order valence-corrected chi connectivity index (χ4v) is 4.34. The summed E-state index contributed by atoms with van der Waals surface area (Å²) in [6.45, 7) is 5.87. The zero-order valence-electron chi connectivity index (χ0n) is 13.9. The van der Waals surface area contributed by atoms with E-state index in [9.17, 15) is 4.79 Å². The topological polar surface area (TPSA) is 32.3 Å². The minimum absolute atomic E-state index is 0.00300. The summed E-state index contributed by atoms with van der Waals surface area (Å²) in [5.74, 6) is 0.334. The Morgan fingerprint density at radius 2 is 1.92 bits per heavy atom. The van der Waals surface area contributed by atoms with E-state index in [1.807, 2.05) is 41.8 Å². The van der Waals surface area contributed by atoms with Crippen LogP contribution in [0.4, 0.5) is 0 Å². The molecule has 0 aliphatic rings. The van der Waals surface area contributed by atoms with Crippen LogP contribution in [0.15, 0.2) is 47.8 Å². The number of nitrogens with zero attached hydrogens (tertiary/aromatic N) is 1. The lowest BCUT2D eigenvalue weighted by atomic mass is 10.1. The largest absolute Gasteiger partial charge is 0.358 e. The number of carbonyl (C=O) groups excluding carboxylic acids is 1. The Kier molecular flexibility index (Phi) is 7.75. The van der Waals surface area contributed by atoms with Crippen LogP contribution in [0.5, 0.6) is 0 Å². The minimum Gasteiger partial charge on any atom is -0.358 e. The van der Waals surface area contributed by atoms with E-state index >= 15 is 0 Å². The maximum absolute atomic E-state index is 12.4. The standard InChI is InChI=1S/C18H22N2OS3/c1-3-20(4-2)18(22)24-13-16(21)19-17(15-11-8-12-23-15)14-9-6-5-7-10-14/h5-12,17H,3-4,13H2,1-2H3,(H,19,21)/t17-/m1/s1. The van der Waals surface area contributed by atoms with E-state index < -0.39 is 0 Å². The van der Waals surface area contributed by atoms with Gasteiger partial charge in [-0.25, -0.2) is 0 Å². The number of thiophene rings is 1. The van der Waals surface area contributed by atoms with Gasteiger partial charge in [0.15, 0.2) is 0 Å². The third-order valence-corrected chi connectivity index (χ3v) is 6.07. The van der Waals surface area contributed by atoms with Gasteiger partial charge in [0.2, 0.25) is 5.91 Å². The van der Waals surface area contributed by atoms with Crippen molar-refractivity contribution in [3.63, 3.8) is 0 Å². The first-order valence-corrected chi connectivity index (χ1v) is 10.2. The summed E-state index contributed by atoms with van der Waals surface area (Å²) in [6, 6.07) is 14.0. The number of nitrogens with one attached hydrogen (secondary N) is 1. The van der Waals surface area contributed by atoms with Crippen LogP contribution in [0.1, 0.15) is 30.3 Å². The van der Waals surface area contributed by atoms with Crippen LogP contribution in [0.3, 0.4) is 0 Å². The van der Waals surface area contributed by atoms with E-state index in [1.165, 1.54) is 11.8 Å². The first-order valence-electron chi connectivity index (χ1n) is 7.95. The molecule has 0 saturated carbocycles. The maximum atomic E-state index is 12.4. The van der Waals surface area contributed by atoms with Gasteiger partial charge in [-0.2, -0.15) is 0 Å². The van der Waals surface area contributed by atoms with Gasteiger partial charge in [0, 0.05) is 18.0 Å². The highest BCUT2D eigenvalue weighted by molar-refractivity contribution is 8.23. The van der Waals surface area contributed by atoms with Crippen LogP contribution >= 0.6 is 35.3 Å². The van der Waals surface area contributed by atoms with Gasteiger partial charge >= 0.3 is 0 Å². The molecule has 1 amide bonds. The third kappa shape index (κ3) is 5.33. The second-order valence-corrected chi connectivity index (χ2v) is 7.74. The Balaban J connectivity index is 2.00. The molecule has 0 fully saturated rings. The van der Waals surface area contributed by atoms with Crippen molar-refractivity contribution in [1.82, 2.24) is 10.2 Å². The summed E-state index contributed by atoms with van der Waals surface area (Å²) in [7, 11) is 0. The predicted octanol–water partition coefficient (Wildman–Crippen LogP) is 4.31. The molecule has 0 aliphatic carbocycles. The molecule has 1 atom stereocenters. The second kappa shape index (κ2) is 9.81. The molecule has 6 heteroatoms. The summed E-state index contributed by atoms with van der Waals surface area (Å²) in [5.41, 5.74) is 1.09. The van der Waals surface area contributed by atoms with E-state index in [0.717, 1.165) is 27.9 Å². The van der Waals surface area contributed by atoms with Gasteiger partial charge in [0.05, 0.1) is 11.8 Å². The Bertz CT molecular complexity index is 640. The summed E-state index contributed by atoms with van der Waals surface area (Å²) in [6.07, 6.45) is 0. The van der Waals surface area contributed by atoms with Crippen LogP contribution < -0.4 is 5.32 Å². The summed E-state index contributed by atoms with van der Waals surface area (Å²) in [4.78, 5) is 15.6. The second-order valence-electron chi connectivity index (χ2n) is 5.15. The lowest BCUT2D eigenvalue weighted by molar-refractivity contribution is -0.119. The van der Waals surface area contributed by atoms with Gasteiger partial charge in [-0.05, 0) is 30.9 Å². The average Bonchev–Trinajstić information content (AvgIpc) is 3.14. The zero-order valence-corrected chi connectivity index (χ0v) is 16.3. The Labute approximate surface area is 157 Å². The molecule has 1 aromatic carbocycles. The Morgan fingerprint density at radius 3 is 2.50 bits per heavy atom. The van der Waals surface area contributed by atoms with Gasteiger partial charge in [0.1, 0.15) is 4.32 Å². The van der Waals surface area contributed by atoms with Crippen molar-refractivity contribution in [2.75, 3.05) is 18.8 Å². The normalized spacial score (nSPS) is 11.8. The highest BCUT2D eigenvalue weighted by Crippen LogP contribution is 2.26.